The van der Waals surface area contributed by atoms with Crippen molar-refractivity contribution >= 4 is 29.1 Å². The lowest BCUT2D eigenvalue weighted by molar-refractivity contribution is 0.139. The summed E-state index contributed by atoms with van der Waals surface area (Å²) in [5, 5.41) is 17.2. The summed E-state index contributed by atoms with van der Waals surface area (Å²) in [7, 11) is 1.59. The highest BCUT2D eigenvalue weighted by Crippen LogP contribution is 2.35. The Hall–Kier alpha value is -4.78. The summed E-state index contributed by atoms with van der Waals surface area (Å²) in [6.07, 6.45) is 0.897. The third-order valence-electron chi connectivity index (χ3n) is 6.73. The zero-order chi connectivity index (χ0) is 25.9. The lowest BCUT2D eigenvalue weighted by atomic mass is 9.83. The van der Waals surface area contributed by atoms with E-state index >= 15 is 0 Å². The van der Waals surface area contributed by atoms with Crippen LogP contribution in [-0.4, -0.2) is 41.7 Å². The van der Waals surface area contributed by atoms with E-state index < -0.39 is 6.03 Å². The molecule has 0 spiro atoms. The number of nitriles is 1. The van der Waals surface area contributed by atoms with Crippen LogP contribution in [0.3, 0.4) is 0 Å². The molecule has 3 aromatic rings. The molecule has 2 aliphatic rings. The maximum Gasteiger partial charge on any atom is 0.323 e. The van der Waals surface area contributed by atoms with Gasteiger partial charge in [0, 0.05) is 42.6 Å². The second-order valence-electron chi connectivity index (χ2n) is 9.22. The number of anilines is 3. The summed E-state index contributed by atoms with van der Waals surface area (Å²) in [6.45, 7) is 1.51. The van der Waals surface area contributed by atoms with Gasteiger partial charge in [0.15, 0.2) is 0 Å². The Kier molecular flexibility index (Phi) is 6.51. The molecule has 10 heteroatoms. The molecule has 2 unspecified atom stereocenters. The number of carbonyl (C=O) groups is 2. The van der Waals surface area contributed by atoms with Crippen molar-refractivity contribution in [1.82, 2.24) is 9.47 Å². The van der Waals surface area contributed by atoms with E-state index in [9.17, 15) is 14.4 Å². The van der Waals surface area contributed by atoms with Crippen LogP contribution < -0.4 is 26.2 Å². The van der Waals surface area contributed by atoms with Crippen LogP contribution in [0.4, 0.5) is 26.7 Å². The summed E-state index contributed by atoms with van der Waals surface area (Å²) in [6, 6.07) is 18.4. The van der Waals surface area contributed by atoms with Crippen molar-refractivity contribution in [1.29, 1.82) is 5.26 Å². The number of carbonyl (C=O) groups excluding carboxylic acids is 2. The topological polar surface area (TPSA) is 128 Å². The number of pyridine rings is 1. The van der Waals surface area contributed by atoms with Crippen molar-refractivity contribution in [3.63, 3.8) is 0 Å². The average molecular weight is 499 g/mol. The van der Waals surface area contributed by atoms with Gasteiger partial charge in [0.05, 0.1) is 18.7 Å². The Morgan fingerprint density at radius 2 is 1.78 bits per heavy atom. The van der Waals surface area contributed by atoms with E-state index in [2.05, 4.69) is 16.0 Å². The number of ether oxygens (including phenoxy) is 1. The normalized spacial score (nSPS) is 17.7. The molecule has 5 rings (SSSR count). The number of piperidine rings is 1. The van der Waals surface area contributed by atoms with Gasteiger partial charge in [0.1, 0.15) is 11.4 Å². The van der Waals surface area contributed by atoms with E-state index in [4.69, 9.17) is 10.00 Å². The van der Waals surface area contributed by atoms with Crippen LogP contribution in [0, 0.1) is 17.2 Å². The summed E-state index contributed by atoms with van der Waals surface area (Å²) < 4.78 is 6.87. The average Bonchev–Trinajstić information content (AvgIpc) is 2.91. The van der Waals surface area contributed by atoms with Crippen molar-refractivity contribution in [2.75, 3.05) is 36.1 Å². The smallest absolute Gasteiger partial charge is 0.323 e. The molecular formula is C27H26N6O4. The molecule has 2 aromatic carbocycles. The molecule has 188 valence electrons. The highest BCUT2D eigenvalue weighted by molar-refractivity contribution is 5.99. The summed E-state index contributed by atoms with van der Waals surface area (Å²) in [5.74, 6) is 0.869. The van der Waals surface area contributed by atoms with Gasteiger partial charge in [-0.1, -0.05) is 6.07 Å². The highest BCUT2D eigenvalue weighted by atomic mass is 16.5. The van der Waals surface area contributed by atoms with Crippen molar-refractivity contribution < 1.29 is 14.3 Å². The van der Waals surface area contributed by atoms with Crippen molar-refractivity contribution in [2.24, 2.45) is 5.92 Å². The number of nitrogens with one attached hydrogen (secondary N) is 3. The predicted octanol–water partition coefficient (Wildman–Crippen LogP) is 4.02. The molecule has 3 N–H and O–H groups in total. The predicted molar refractivity (Wildman–Crippen MR) is 139 cm³/mol. The fraction of sp³-hybridized carbons (Fsp3) is 0.259. The third-order valence-corrected chi connectivity index (χ3v) is 6.73. The van der Waals surface area contributed by atoms with Gasteiger partial charge < -0.3 is 30.2 Å². The number of benzene rings is 2. The summed E-state index contributed by atoms with van der Waals surface area (Å²) >= 11 is 0. The Morgan fingerprint density at radius 1 is 0.973 bits per heavy atom. The van der Waals surface area contributed by atoms with Gasteiger partial charge in [-0.05, 0) is 66.9 Å². The van der Waals surface area contributed by atoms with Crippen LogP contribution in [0.15, 0.2) is 65.5 Å². The van der Waals surface area contributed by atoms with E-state index in [1.807, 2.05) is 12.1 Å². The summed E-state index contributed by atoms with van der Waals surface area (Å²) in [4.78, 5) is 40.4. The first-order valence-corrected chi connectivity index (χ1v) is 12.0. The second kappa shape index (κ2) is 10.1. The Bertz CT molecular complexity index is 1440. The number of hydrogen-bond donors (Lipinski definition) is 3. The molecule has 1 saturated heterocycles. The van der Waals surface area contributed by atoms with Crippen LogP contribution >= 0.6 is 0 Å². The Balaban J connectivity index is 1.27. The largest absolute Gasteiger partial charge is 0.497 e. The van der Waals surface area contributed by atoms with E-state index in [1.54, 1.807) is 71.2 Å². The van der Waals surface area contributed by atoms with Gasteiger partial charge in [-0.15, -0.1) is 0 Å². The molecule has 2 bridgehead atoms. The molecule has 37 heavy (non-hydrogen) atoms. The van der Waals surface area contributed by atoms with E-state index in [0.29, 0.717) is 42.3 Å². The molecule has 2 atom stereocenters. The number of aromatic nitrogens is 1. The lowest BCUT2D eigenvalue weighted by Crippen LogP contribution is -2.50. The summed E-state index contributed by atoms with van der Waals surface area (Å²) in [5.41, 5.74) is 2.32. The zero-order valence-electron chi connectivity index (χ0n) is 20.2. The minimum absolute atomic E-state index is 0.0263. The van der Waals surface area contributed by atoms with E-state index in [-0.39, 0.29) is 29.1 Å². The molecule has 1 aromatic heterocycles. The first-order chi connectivity index (χ1) is 17.9. The minimum Gasteiger partial charge on any atom is -0.497 e. The number of hydrogen-bond acceptors (Lipinski definition) is 5. The SMILES string of the molecule is COc1ccc(NC(=O)N2CC3CC(C2)c2ccc(NC(=O)Nc4cccc(C#N)c4)c(=O)n2C3)cc1. The number of fused-ring (bicyclic) bond motifs is 4. The van der Waals surface area contributed by atoms with Crippen LogP contribution in [0.2, 0.25) is 0 Å². The van der Waals surface area contributed by atoms with E-state index in [1.165, 1.54) is 0 Å². The van der Waals surface area contributed by atoms with Crippen LogP contribution in [0.25, 0.3) is 0 Å². The van der Waals surface area contributed by atoms with E-state index in [0.717, 1.165) is 12.1 Å². The standard InChI is InChI=1S/C27H26N6O4/c1-37-22-7-5-20(6-8-22)30-27(36)32-14-18-11-19(16-32)24-10-9-23(25(34)33(24)15-18)31-26(35)29-21-4-2-3-17(12-21)13-28/h2-10,12,18-19H,11,14-16H2,1H3,(H,30,36)(H2,29,31,35). The monoisotopic (exact) mass is 498 g/mol. The number of nitrogens with zero attached hydrogens (tertiary/aromatic N) is 3. The fourth-order valence-electron chi connectivity index (χ4n) is 5.03. The molecule has 3 heterocycles. The van der Waals surface area contributed by atoms with Gasteiger partial charge in [0.25, 0.3) is 5.56 Å². The van der Waals surface area contributed by atoms with Crippen molar-refractivity contribution in [3.05, 3.63) is 82.3 Å². The molecule has 2 aliphatic heterocycles. The first-order valence-electron chi connectivity index (χ1n) is 12.0. The Labute approximate surface area is 213 Å². The highest BCUT2D eigenvalue weighted by Gasteiger charge is 2.36. The fourth-order valence-corrected chi connectivity index (χ4v) is 5.03. The van der Waals surface area contributed by atoms with Gasteiger partial charge in [-0.25, -0.2) is 9.59 Å². The maximum atomic E-state index is 13.2. The van der Waals surface area contributed by atoms with Gasteiger partial charge in [-0.3, -0.25) is 4.79 Å². The Morgan fingerprint density at radius 3 is 2.54 bits per heavy atom. The van der Waals surface area contributed by atoms with Crippen molar-refractivity contribution in [3.8, 4) is 11.8 Å². The number of rotatable bonds is 4. The number of amides is 4. The van der Waals surface area contributed by atoms with Gasteiger partial charge in [-0.2, -0.15) is 5.26 Å². The molecule has 0 aliphatic carbocycles. The number of likely N-dealkylation sites (tertiary alicyclic amines) is 1. The molecular weight excluding hydrogens is 472 g/mol. The first kappa shape index (κ1) is 23.9. The molecule has 0 saturated carbocycles. The molecule has 4 amide bonds. The van der Waals surface area contributed by atoms with Crippen LogP contribution in [0.1, 0.15) is 23.6 Å². The zero-order valence-corrected chi connectivity index (χ0v) is 20.2. The molecule has 10 nitrogen and oxygen atoms in total. The lowest BCUT2D eigenvalue weighted by Gasteiger charge is -2.42. The number of methoxy groups -OCH3 is 1. The van der Waals surface area contributed by atoms with Crippen molar-refractivity contribution in [2.45, 2.75) is 18.9 Å². The van der Waals surface area contributed by atoms with Gasteiger partial charge >= 0.3 is 12.1 Å². The molecule has 0 radical (unpaired) electrons. The molecule has 1 fully saturated rings. The second-order valence-corrected chi connectivity index (χ2v) is 9.22. The number of urea groups is 2. The maximum absolute atomic E-state index is 13.2. The van der Waals surface area contributed by atoms with Crippen LogP contribution in [-0.2, 0) is 6.54 Å². The minimum atomic E-state index is -0.565. The third kappa shape index (κ3) is 5.11. The quantitative estimate of drug-likeness (QED) is 0.500. The van der Waals surface area contributed by atoms with Gasteiger partial charge in [0.2, 0.25) is 0 Å². The van der Waals surface area contributed by atoms with Crippen LogP contribution in [0.5, 0.6) is 5.75 Å².